The molecule has 0 aliphatic rings. The fourth-order valence-electron chi connectivity index (χ4n) is 8.99. The maximum atomic E-state index is 12.9. The summed E-state index contributed by atoms with van der Waals surface area (Å²) in [4.78, 5) is 38.3. The molecule has 0 saturated carbocycles. The predicted molar refractivity (Wildman–Crippen MR) is 343 cm³/mol. The SMILES string of the molecule is CC/C=C\C/C=C\C/C=C\C/C=C\C/C=C\C/C=C\C/C=C\CCCCCCCCCC(=O)OCC(COC(=O)CCCCCCC/C=C\C/C=C\CCC)OC(=O)CCCCCCCCCCC/C=C\CCCCCCCC. The van der Waals surface area contributed by atoms with Crippen LogP contribution in [0.5, 0.6) is 0 Å². The number of unbranched alkanes of at least 4 members (excludes halogenated alkanes) is 28. The molecule has 0 amide bonds. The minimum atomic E-state index is -0.794. The molecule has 0 rings (SSSR count). The van der Waals surface area contributed by atoms with Gasteiger partial charge in [-0.2, -0.15) is 0 Å². The second-order valence-corrected chi connectivity index (χ2v) is 21.6. The van der Waals surface area contributed by atoms with E-state index in [0.29, 0.717) is 19.3 Å². The molecule has 0 aromatic heterocycles. The third kappa shape index (κ3) is 64.5. The van der Waals surface area contributed by atoms with Gasteiger partial charge in [0, 0.05) is 19.3 Å². The number of carbonyl (C=O) groups excluding carboxylic acids is 3. The molecular weight excluding hydrogens is 973 g/mol. The summed E-state index contributed by atoms with van der Waals surface area (Å²) >= 11 is 0. The van der Waals surface area contributed by atoms with E-state index >= 15 is 0 Å². The van der Waals surface area contributed by atoms with Crippen LogP contribution >= 0.6 is 0 Å². The largest absolute Gasteiger partial charge is 0.462 e. The standard InChI is InChI=1S/C73H122O6/c1-4-7-10-13-16-19-22-25-27-29-31-32-33-34-35-36-37-38-39-40-42-43-45-48-51-54-57-60-63-66-72(75)78-69-70(68-77-71(74)65-62-59-56-53-50-47-24-21-18-15-12-9-6-3)79-73(76)67-64-61-58-55-52-49-46-44-41-30-28-26-23-20-17-14-11-8-5-2/h7,10,12,15-16,19,21,24-28,31-32,34-35,37-38,40,42,70H,4-6,8-9,11,13-14,17-18,20,22-23,29-30,33,36,39,41,43-69H2,1-3H3/b10-7-,15-12-,19-16-,24-21-,27-25-,28-26-,32-31-,35-34-,38-37-,42-40-. The monoisotopic (exact) mass is 1090 g/mol. The van der Waals surface area contributed by atoms with Crippen LogP contribution < -0.4 is 0 Å². The van der Waals surface area contributed by atoms with Crippen molar-refractivity contribution in [2.24, 2.45) is 0 Å². The summed E-state index contributed by atoms with van der Waals surface area (Å²) in [6.07, 6.45) is 92.0. The second kappa shape index (κ2) is 66.3. The van der Waals surface area contributed by atoms with E-state index in [9.17, 15) is 14.4 Å². The van der Waals surface area contributed by atoms with Gasteiger partial charge in [-0.15, -0.1) is 0 Å². The first-order chi connectivity index (χ1) is 39.0. The molecule has 0 N–H and O–H groups in total. The molecule has 0 aromatic carbocycles. The lowest BCUT2D eigenvalue weighted by molar-refractivity contribution is -0.167. The van der Waals surface area contributed by atoms with Gasteiger partial charge in [0.1, 0.15) is 13.2 Å². The Morgan fingerprint density at radius 2 is 0.519 bits per heavy atom. The quantitative estimate of drug-likeness (QED) is 0.0261. The highest BCUT2D eigenvalue weighted by molar-refractivity contribution is 5.71. The molecule has 0 aliphatic carbocycles. The Hall–Kier alpha value is -4.19. The first kappa shape index (κ1) is 74.8. The van der Waals surface area contributed by atoms with Gasteiger partial charge in [0.25, 0.3) is 0 Å². The molecule has 0 bridgehead atoms. The lowest BCUT2D eigenvalue weighted by Crippen LogP contribution is -2.30. The molecule has 0 aliphatic heterocycles. The van der Waals surface area contributed by atoms with Gasteiger partial charge in [-0.3, -0.25) is 14.4 Å². The van der Waals surface area contributed by atoms with Crippen LogP contribution in [0.4, 0.5) is 0 Å². The smallest absolute Gasteiger partial charge is 0.306 e. The number of hydrogen-bond donors (Lipinski definition) is 0. The van der Waals surface area contributed by atoms with Gasteiger partial charge >= 0.3 is 17.9 Å². The highest BCUT2D eigenvalue weighted by atomic mass is 16.6. The van der Waals surface area contributed by atoms with Crippen molar-refractivity contribution in [2.75, 3.05) is 13.2 Å². The third-order valence-electron chi connectivity index (χ3n) is 13.9. The highest BCUT2D eigenvalue weighted by Gasteiger charge is 2.19. The Bertz CT molecular complexity index is 1640. The van der Waals surface area contributed by atoms with E-state index in [2.05, 4.69) is 142 Å². The zero-order valence-corrected chi connectivity index (χ0v) is 51.6. The summed E-state index contributed by atoms with van der Waals surface area (Å²) in [5.74, 6) is -0.911. The fourth-order valence-corrected chi connectivity index (χ4v) is 8.99. The molecule has 0 spiro atoms. The Kier molecular flexibility index (Phi) is 62.8. The van der Waals surface area contributed by atoms with E-state index in [1.54, 1.807) is 0 Å². The lowest BCUT2D eigenvalue weighted by Gasteiger charge is -2.18. The van der Waals surface area contributed by atoms with Gasteiger partial charge in [0.15, 0.2) is 6.10 Å². The van der Waals surface area contributed by atoms with Gasteiger partial charge in [0.2, 0.25) is 0 Å². The summed E-state index contributed by atoms with van der Waals surface area (Å²) in [6, 6.07) is 0. The van der Waals surface area contributed by atoms with E-state index in [1.165, 1.54) is 122 Å². The molecule has 0 radical (unpaired) electrons. The van der Waals surface area contributed by atoms with Crippen molar-refractivity contribution < 1.29 is 28.6 Å². The van der Waals surface area contributed by atoms with E-state index in [0.717, 1.165) is 141 Å². The molecule has 79 heavy (non-hydrogen) atoms. The number of allylic oxidation sites excluding steroid dienone is 20. The average molecular weight is 1100 g/mol. The molecule has 0 heterocycles. The van der Waals surface area contributed by atoms with Crippen LogP contribution in [-0.2, 0) is 28.6 Å². The third-order valence-corrected chi connectivity index (χ3v) is 13.9. The van der Waals surface area contributed by atoms with Crippen LogP contribution in [0, 0.1) is 0 Å². The number of carbonyl (C=O) groups is 3. The Morgan fingerprint density at radius 1 is 0.266 bits per heavy atom. The van der Waals surface area contributed by atoms with Crippen LogP contribution in [0.3, 0.4) is 0 Å². The van der Waals surface area contributed by atoms with Crippen molar-refractivity contribution in [1.29, 1.82) is 0 Å². The first-order valence-corrected chi connectivity index (χ1v) is 33.0. The molecule has 6 nitrogen and oxygen atoms in total. The Balaban J connectivity index is 4.34. The van der Waals surface area contributed by atoms with E-state index in [1.807, 2.05) is 0 Å². The average Bonchev–Trinajstić information content (AvgIpc) is 3.45. The summed E-state index contributed by atoms with van der Waals surface area (Å²) in [5, 5.41) is 0. The van der Waals surface area contributed by atoms with Crippen molar-refractivity contribution >= 4 is 17.9 Å². The molecule has 0 aromatic rings. The van der Waals surface area contributed by atoms with Gasteiger partial charge in [-0.25, -0.2) is 0 Å². The zero-order chi connectivity index (χ0) is 57.1. The normalized spacial score (nSPS) is 12.9. The van der Waals surface area contributed by atoms with Gasteiger partial charge in [0.05, 0.1) is 0 Å². The van der Waals surface area contributed by atoms with Crippen LogP contribution in [0.2, 0.25) is 0 Å². The lowest BCUT2D eigenvalue weighted by atomic mass is 10.1. The van der Waals surface area contributed by atoms with Crippen LogP contribution in [-0.4, -0.2) is 37.2 Å². The van der Waals surface area contributed by atoms with Crippen molar-refractivity contribution in [3.63, 3.8) is 0 Å². The van der Waals surface area contributed by atoms with E-state index in [4.69, 9.17) is 14.2 Å². The number of ether oxygens (including phenoxy) is 3. The van der Waals surface area contributed by atoms with Gasteiger partial charge in [-0.05, 0) is 128 Å². The van der Waals surface area contributed by atoms with Crippen LogP contribution in [0.25, 0.3) is 0 Å². The topological polar surface area (TPSA) is 78.9 Å². The van der Waals surface area contributed by atoms with Crippen LogP contribution in [0.1, 0.15) is 303 Å². The van der Waals surface area contributed by atoms with Crippen molar-refractivity contribution in [2.45, 2.75) is 309 Å². The zero-order valence-electron chi connectivity index (χ0n) is 51.6. The summed E-state index contributed by atoms with van der Waals surface area (Å²) < 4.78 is 16.9. The summed E-state index contributed by atoms with van der Waals surface area (Å²) in [6.45, 7) is 6.45. The van der Waals surface area contributed by atoms with Gasteiger partial charge in [-0.1, -0.05) is 277 Å². The minimum Gasteiger partial charge on any atom is -0.462 e. The molecule has 0 fully saturated rings. The molecule has 6 heteroatoms. The maximum Gasteiger partial charge on any atom is 0.306 e. The Morgan fingerprint density at radius 3 is 0.835 bits per heavy atom. The van der Waals surface area contributed by atoms with Crippen molar-refractivity contribution in [3.8, 4) is 0 Å². The Labute approximate surface area is 488 Å². The van der Waals surface area contributed by atoms with E-state index in [-0.39, 0.29) is 31.1 Å². The first-order valence-electron chi connectivity index (χ1n) is 33.0. The molecule has 1 atom stereocenters. The van der Waals surface area contributed by atoms with Crippen LogP contribution in [0.15, 0.2) is 122 Å². The number of rotatable bonds is 59. The second-order valence-electron chi connectivity index (χ2n) is 21.6. The maximum absolute atomic E-state index is 12.9. The fraction of sp³-hybridized carbons (Fsp3) is 0.685. The predicted octanol–water partition coefficient (Wildman–Crippen LogP) is 22.8. The highest BCUT2D eigenvalue weighted by Crippen LogP contribution is 2.16. The molecular formula is C73H122O6. The minimum absolute atomic E-state index is 0.0906. The number of esters is 3. The van der Waals surface area contributed by atoms with Crippen molar-refractivity contribution in [1.82, 2.24) is 0 Å². The molecule has 1 unspecified atom stereocenters. The van der Waals surface area contributed by atoms with E-state index < -0.39 is 6.10 Å². The molecule has 450 valence electrons. The van der Waals surface area contributed by atoms with Crippen molar-refractivity contribution in [3.05, 3.63) is 122 Å². The van der Waals surface area contributed by atoms with Gasteiger partial charge < -0.3 is 14.2 Å². The summed E-state index contributed by atoms with van der Waals surface area (Å²) in [5.41, 5.74) is 0. The molecule has 0 saturated heterocycles. The summed E-state index contributed by atoms with van der Waals surface area (Å²) in [7, 11) is 0. The number of hydrogen-bond acceptors (Lipinski definition) is 6.